The number of anilines is 1. The summed E-state index contributed by atoms with van der Waals surface area (Å²) in [5.74, 6) is 1.16. The van der Waals surface area contributed by atoms with Gasteiger partial charge in [-0.1, -0.05) is 0 Å². The smallest absolute Gasteiger partial charge is 0.225 e. The van der Waals surface area contributed by atoms with Crippen LogP contribution in [-0.2, 0) is 4.79 Å². The SMILES string of the molecule is Cc1nsc(N2CCCC(C(=O)NC3CC3)C2)n1. The maximum absolute atomic E-state index is 12.1. The highest BCUT2D eigenvalue weighted by Crippen LogP contribution is 2.26. The first-order chi connectivity index (χ1) is 8.72. The van der Waals surface area contributed by atoms with Crippen LogP contribution >= 0.6 is 11.5 Å². The van der Waals surface area contributed by atoms with Gasteiger partial charge in [0.05, 0.1) is 5.92 Å². The Morgan fingerprint density at radius 3 is 2.94 bits per heavy atom. The fraction of sp³-hybridized carbons (Fsp3) is 0.750. The third-order valence-electron chi connectivity index (χ3n) is 3.50. The molecule has 1 aromatic heterocycles. The van der Waals surface area contributed by atoms with Gasteiger partial charge in [-0.25, -0.2) is 4.98 Å². The van der Waals surface area contributed by atoms with Gasteiger partial charge in [-0.2, -0.15) is 4.37 Å². The van der Waals surface area contributed by atoms with Gasteiger partial charge in [-0.3, -0.25) is 4.79 Å². The monoisotopic (exact) mass is 266 g/mol. The van der Waals surface area contributed by atoms with Crippen molar-refractivity contribution in [2.45, 2.75) is 38.6 Å². The maximum atomic E-state index is 12.1. The van der Waals surface area contributed by atoms with Crippen molar-refractivity contribution >= 4 is 22.6 Å². The zero-order valence-electron chi connectivity index (χ0n) is 10.6. The normalized spacial score (nSPS) is 24.1. The average molecular weight is 266 g/mol. The molecular formula is C12H18N4OS. The Bertz CT molecular complexity index is 443. The van der Waals surface area contributed by atoms with E-state index in [9.17, 15) is 4.79 Å². The Hall–Kier alpha value is -1.17. The van der Waals surface area contributed by atoms with Gasteiger partial charge in [0, 0.05) is 30.7 Å². The summed E-state index contributed by atoms with van der Waals surface area (Å²) >= 11 is 1.43. The van der Waals surface area contributed by atoms with Gasteiger partial charge >= 0.3 is 0 Å². The summed E-state index contributed by atoms with van der Waals surface area (Å²) in [7, 11) is 0. The molecule has 2 aliphatic rings. The molecule has 1 N–H and O–H groups in total. The lowest BCUT2D eigenvalue weighted by Gasteiger charge is -2.31. The lowest BCUT2D eigenvalue weighted by molar-refractivity contribution is -0.125. The standard InChI is InChI=1S/C12H18N4OS/c1-8-13-12(18-15-8)16-6-2-3-9(7-16)11(17)14-10-4-5-10/h9-10H,2-7H2,1H3,(H,14,17). The van der Waals surface area contributed by atoms with Crippen LogP contribution in [0.1, 0.15) is 31.5 Å². The van der Waals surface area contributed by atoms with Crippen molar-refractivity contribution in [2.24, 2.45) is 5.92 Å². The summed E-state index contributed by atoms with van der Waals surface area (Å²) in [5.41, 5.74) is 0. The highest BCUT2D eigenvalue weighted by Gasteiger charge is 2.31. The molecule has 5 nitrogen and oxygen atoms in total. The molecular weight excluding hydrogens is 248 g/mol. The van der Waals surface area contributed by atoms with Crippen LogP contribution in [0.3, 0.4) is 0 Å². The van der Waals surface area contributed by atoms with Crippen LogP contribution in [0, 0.1) is 12.8 Å². The van der Waals surface area contributed by atoms with Crippen LogP contribution in [0.25, 0.3) is 0 Å². The first-order valence-electron chi connectivity index (χ1n) is 6.58. The number of amides is 1. The van der Waals surface area contributed by atoms with Crippen molar-refractivity contribution in [3.8, 4) is 0 Å². The summed E-state index contributed by atoms with van der Waals surface area (Å²) in [6.45, 7) is 3.68. The number of hydrogen-bond donors (Lipinski definition) is 1. The van der Waals surface area contributed by atoms with Gasteiger partial charge in [0.25, 0.3) is 0 Å². The Morgan fingerprint density at radius 1 is 1.44 bits per heavy atom. The van der Waals surface area contributed by atoms with Gasteiger partial charge in [0.15, 0.2) is 0 Å². The molecule has 1 atom stereocenters. The van der Waals surface area contributed by atoms with Crippen molar-refractivity contribution in [3.63, 3.8) is 0 Å². The largest absolute Gasteiger partial charge is 0.353 e. The van der Waals surface area contributed by atoms with E-state index in [4.69, 9.17) is 0 Å². The quantitative estimate of drug-likeness (QED) is 0.897. The topological polar surface area (TPSA) is 58.1 Å². The molecule has 18 heavy (non-hydrogen) atoms. The minimum absolute atomic E-state index is 0.114. The second kappa shape index (κ2) is 4.84. The van der Waals surface area contributed by atoms with Gasteiger partial charge in [-0.05, 0) is 32.6 Å². The van der Waals surface area contributed by atoms with E-state index < -0.39 is 0 Å². The molecule has 1 unspecified atom stereocenters. The minimum Gasteiger partial charge on any atom is -0.353 e. The molecule has 2 fully saturated rings. The number of aryl methyl sites for hydroxylation is 1. The van der Waals surface area contributed by atoms with Crippen LogP contribution in [-0.4, -0.2) is 34.4 Å². The molecule has 2 heterocycles. The van der Waals surface area contributed by atoms with Crippen molar-refractivity contribution < 1.29 is 4.79 Å². The van der Waals surface area contributed by atoms with Crippen LogP contribution in [0.5, 0.6) is 0 Å². The summed E-state index contributed by atoms with van der Waals surface area (Å²) < 4.78 is 4.21. The predicted molar refractivity (Wildman–Crippen MR) is 70.7 cm³/mol. The fourth-order valence-corrected chi connectivity index (χ4v) is 3.03. The van der Waals surface area contributed by atoms with Gasteiger partial charge in [0.2, 0.25) is 11.0 Å². The molecule has 6 heteroatoms. The van der Waals surface area contributed by atoms with E-state index in [0.717, 1.165) is 49.7 Å². The summed E-state index contributed by atoms with van der Waals surface area (Å²) in [6.07, 6.45) is 4.35. The molecule has 0 spiro atoms. The molecule has 1 amide bonds. The first kappa shape index (κ1) is 11.9. The Morgan fingerprint density at radius 2 is 2.28 bits per heavy atom. The number of carbonyl (C=O) groups excluding carboxylic acids is 1. The van der Waals surface area contributed by atoms with E-state index in [-0.39, 0.29) is 11.8 Å². The number of nitrogens with zero attached hydrogens (tertiary/aromatic N) is 3. The zero-order chi connectivity index (χ0) is 12.5. The third kappa shape index (κ3) is 2.63. The van der Waals surface area contributed by atoms with E-state index in [1.165, 1.54) is 11.5 Å². The van der Waals surface area contributed by atoms with Crippen molar-refractivity contribution in [3.05, 3.63) is 5.82 Å². The molecule has 3 rings (SSSR count). The molecule has 1 saturated carbocycles. The van der Waals surface area contributed by atoms with E-state index in [0.29, 0.717) is 6.04 Å². The molecule has 1 aliphatic heterocycles. The van der Waals surface area contributed by atoms with Gasteiger partial charge < -0.3 is 10.2 Å². The summed E-state index contributed by atoms with van der Waals surface area (Å²) in [5, 5.41) is 4.06. The molecule has 0 radical (unpaired) electrons. The van der Waals surface area contributed by atoms with E-state index in [1.807, 2.05) is 6.92 Å². The average Bonchev–Trinajstić information content (AvgIpc) is 3.08. The number of hydrogen-bond acceptors (Lipinski definition) is 5. The zero-order valence-corrected chi connectivity index (χ0v) is 11.4. The lowest BCUT2D eigenvalue weighted by atomic mass is 9.97. The number of nitrogens with one attached hydrogen (secondary N) is 1. The van der Waals surface area contributed by atoms with Crippen LogP contribution < -0.4 is 10.2 Å². The van der Waals surface area contributed by atoms with Gasteiger partial charge in [-0.15, -0.1) is 0 Å². The predicted octanol–water partition coefficient (Wildman–Crippen LogP) is 1.34. The number of rotatable bonds is 3. The molecule has 1 aromatic rings. The summed E-state index contributed by atoms with van der Waals surface area (Å²) in [6, 6.07) is 0.455. The molecule has 0 bridgehead atoms. The molecule has 98 valence electrons. The van der Waals surface area contributed by atoms with E-state index >= 15 is 0 Å². The van der Waals surface area contributed by atoms with E-state index in [2.05, 4.69) is 19.6 Å². The third-order valence-corrected chi connectivity index (χ3v) is 4.37. The molecule has 0 aromatic carbocycles. The van der Waals surface area contributed by atoms with Crippen molar-refractivity contribution in [1.82, 2.24) is 14.7 Å². The minimum atomic E-state index is 0.114. The van der Waals surface area contributed by atoms with Gasteiger partial charge in [0.1, 0.15) is 5.82 Å². The second-order valence-electron chi connectivity index (χ2n) is 5.19. The van der Waals surface area contributed by atoms with Crippen molar-refractivity contribution in [1.29, 1.82) is 0 Å². The Labute approximate surface area is 111 Å². The van der Waals surface area contributed by atoms with Crippen LogP contribution in [0.15, 0.2) is 0 Å². The Kier molecular flexibility index (Phi) is 3.20. The fourth-order valence-electron chi connectivity index (χ4n) is 2.33. The number of piperidine rings is 1. The molecule has 1 aliphatic carbocycles. The summed E-state index contributed by atoms with van der Waals surface area (Å²) in [4.78, 5) is 18.7. The highest BCUT2D eigenvalue weighted by atomic mass is 32.1. The molecule has 1 saturated heterocycles. The van der Waals surface area contributed by atoms with E-state index in [1.54, 1.807) is 0 Å². The second-order valence-corrected chi connectivity index (χ2v) is 5.92. The Balaban J connectivity index is 1.62. The first-order valence-corrected chi connectivity index (χ1v) is 7.35. The van der Waals surface area contributed by atoms with Crippen molar-refractivity contribution in [2.75, 3.05) is 18.0 Å². The highest BCUT2D eigenvalue weighted by molar-refractivity contribution is 7.09. The van der Waals surface area contributed by atoms with Crippen LogP contribution in [0.4, 0.5) is 5.13 Å². The maximum Gasteiger partial charge on any atom is 0.225 e. The lowest BCUT2D eigenvalue weighted by Crippen LogP contribution is -2.43. The number of carbonyl (C=O) groups is 1. The number of aromatic nitrogens is 2. The van der Waals surface area contributed by atoms with Crippen LogP contribution in [0.2, 0.25) is 0 Å².